The normalized spacial score (nSPS) is 14.4. The maximum absolute atomic E-state index is 11.8. The molecule has 0 radical (unpaired) electrons. The predicted molar refractivity (Wildman–Crippen MR) is 75.3 cm³/mol. The van der Waals surface area contributed by atoms with Crippen LogP contribution in [-0.2, 0) is 17.9 Å². The average Bonchev–Trinajstić information content (AvgIpc) is 3.19. The molecule has 0 aromatic carbocycles. The molecule has 2 aromatic rings. The Morgan fingerprint density at radius 3 is 2.95 bits per heavy atom. The zero-order valence-electron chi connectivity index (χ0n) is 11.6. The first-order valence-electron chi connectivity index (χ1n) is 6.97. The van der Waals surface area contributed by atoms with E-state index in [1.54, 1.807) is 6.20 Å². The van der Waals surface area contributed by atoms with Gasteiger partial charge in [-0.15, -0.1) is 0 Å². The van der Waals surface area contributed by atoms with Crippen LogP contribution in [0.4, 0.5) is 5.82 Å². The molecular weight excluding hydrogens is 270 g/mol. The summed E-state index contributed by atoms with van der Waals surface area (Å²) in [6.45, 7) is 2.53. The Morgan fingerprint density at radius 2 is 2.19 bits per heavy atom. The first-order valence-corrected chi connectivity index (χ1v) is 6.97. The van der Waals surface area contributed by atoms with E-state index in [1.165, 1.54) is 30.2 Å². The Labute approximate surface area is 122 Å². The molecular formula is C13H17N7O. The van der Waals surface area contributed by atoms with Crippen LogP contribution in [0.3, 0.4) is 0 Å². The number of anilines is 1. The summed E-state index contributed by atoms with van der Waals surface area (Å²) in [6.07, 6.45) is 7.04. The van der Waals surface area contributed by atoms with Gasteiger partial charge in [0.2, 0.25) is 5.91 Å². The van der Waals surface area contributed by atoms with E-state index in [9.17, 15) is 4.79 Å². The fourth-order valence-electron chi connectivity index (χ4n) is 2.29. The number of carbonyl (C=O) groups excluding carboxylic acids is 1. The SMILES string of the molecule is O=C(Cn1cncn1)NCc1nccc(N2CCCC2)n1. The van der Waals surface area contributed by atoms with E-state index in [4.69, 9.17) is 0 Å². The molecule has 8 nitrogen and oxygen atoms in total. The van der Waals surface area contributed by atoms with Crippen molar-refractivity contribution in [3.8, 4) is 0 Å². The third kappa shape index (κ3) is 3.53. The van der Waals surface area contributed by atoms with Crippen LogP contribution in [0.25, 0.3) is 0 Å². The highest BCUT2D eigenvalue weighted by Gasteiger charge is 2.14. The minimum Gasteiger partial charge on any atom is -0.357 e. The zero-order valence-corrected chi connectivity index (χ0v) is 11.6. The van der Waals surface area contributed by atoms with Gasteiger partial charge in [-0.3, -0.25) is 4.79 Å². The van der Waals surface area contributed by atoms with Crippen molar-refractivity contribution in [3.63, 3.8) is 0 Å². The summed E-state index contributed by atoms with van der Waals surface area (Å²) in [5.74, 6) is 1.41. The second kappa shape index (κ2) is 6.29. The lowest BCUT2D eigenvalue weighted by Gasteiger charge is -2.16. The van der Waals surface area contributed by atoms with Crippen LogP contribution < -0.4 is 10.2 Å². The molecule has 0 unspecified atom stereocenters. The van der Waals surface area contributed by atoms with Crippen molar-refractivity contribution in [2.75, 3.05) is 18.0 Å². The third-order valence-electron chi connectivity index (χ3n) is 3.34. The number of nitrogens with zero attached hydrogens (tertiary/aromatic N) is 6. The second-order valence-corrected chi connectivity index (χ2v) is 4.90. The van der Waals surface area contributed by atoms with Crippen molar-refractivity contribution < 1.29 is 4.79 Å². The molecule has 1 aliphatic rings. The molecule has 3 heterocycles. The second-order valence-electron chi connectivity index (χ2n) is 4.90. The van der Waals surface area contributed by atoms with Gasteiger partial charge in [0.15, 0.2) is 0 Å². The van der Waals surface area contributed by atoms with Gasteiger partial charge in [-0.05, 0) is 18.9 Å². The molecule has 8 heteroatoms. The highest BCUT2D eigenvalue weighted by Crippen LogP contribution is 2.16. The number of hydrogen-bond donors (Lipinski definition) is 1. The number of rotatable bonds is 5. The van der Waals surface area contributed by atoms with Gasteiger partial charge in [0.25, 0.3) is 0 Å². The van der Waals surface area contributed by atoms with Crippen molar-refractivity contribution in [2.45, 2.75) is 25.9 Å². The van der Waals surface area contributed by atoms with E-state index in [0.717, 1.165) is 18.9 Å². The van der Waals surface area contributed by atoms with Gasteiger partial charge >= 0.3 is 0 Å². The van der Waals surface area contributed by atoms with Gasteiger partial charge in [0.05, 0.1) is 6.54 Å². The van der Waals surface area contributed by atoms with Gasteiger partial charge in [0, 0.05) is 19.3 Å². The zero-order chi connectivity index (χ0) is 14.5. The fraction of sp³-hybridized carbons (Fsp3) is 0.462. The van der Waals surface area contributed by atoms with Crippen LogP contribution in [0.5, 0.6) is 0 Å². The summed E-state index contributed by atoms with van der Waals surface area (Å²) >= 11 is 0. The number of carbonyl (C=O) groups is 1. The Balaban J connectivity index is 1.55. The number of aromatic nitrogens is 5. The van der Waals surface area contributed by atoms with Crippen LogP contribution in [0.1, 0.15) is 18.7 Å². The summed E-state index contributed by atoms with van der Waals surface area (Å²) in [5.41, 5.74) is 0. The van der Waals surface area contributed by atoms with E-state index in [1.807, 2.05) is 6.07 Å². The van der Waals surface area contributed by atoms with Crippen LogP contribution in [-0.4, -0.2) is 43.7 Å². The number of amides is 1. The van der Waals surface area contributed by atoms with Crippen LogP contribution >= 0.6 is 0 Å². The maximum Gasteiger partial charge on any atom is 0.242 e. The molecule has 1 saturated heterocycles. The highest BCUT2D eigenvalue weighted by molar-refractivity contribution is 5.75. The van der Waals surface area contributed by atoms with E-state index < -0.39 is 0 Å². The average molecular weight is 287 g/mol. The van der Waals surface area contributed by atoms with Gasteiger partial charge in [-0.2, -0.15) is 5.10 Å². The molecule has 3 rings (SSSR count). The van der Waals surface area contributed by atoms with Gasteiger partial charge in [-0.1, -0.05) is 0 Å². The largest absolute Gasteiger partial charge is 0.357 e. The summed E-state index contributed by atoms with van der Waals surface area (Å²) in [5, 5.41) is 6.67. The molecule has 21 heavy (non-hydrogen) atoms. The molecule has 2 aromatic heterocycles. The highest BCUT2D eigenvalue weighted by atomic mass is 16.2. The van der Waals surface area contributed by atoms with Crippen molar-refractivity contribution in [1.82, 2.24) is 30.0 Å². The summed E-state index contributed by atoms with van der Waals surface area (Å²) < 4.78 is 1.47. The Kier molecular flexibility index (Phi) is 4.04. The molecule has 1 amide bonds. The minimum absolute atomic E-state index is 0.143. The van der Waals surface area contributed by atoms with Crippen molar-refractivity contribution in [3.05, 3.63) is 30.7 Å². The Morgan fingerprint density at radius 1 is 1.33 bits per heavy atom. The molecule has 0 saturated carbocycles. The molecule has 1 fully saturated rings. The topological polar surface area (TPSA) is 88.8 Å². The summed E-state index contributed by atoms with van der Waals surface area (Å²) in [6, 6.07) is 1.91. The van der Waals surface area contributed by atoms with Crippen molar-refractivity contribution in [2.24, 2.45) is 0 Å². The lowest BCUT2D eigenvalue weighted by Crippen LogP contribution is -2.28. The first kappa shape index (κ1) is 13.5. The lowest BCUT2D eigenvalue weighted by atomic mass is 10.4. The van der Waals surface area contributed by atoms with Crippen LogP contribution in [0.15, 0.2) is 24.9 Å². The maximum atomic E-state index is 11.8. The van der Waals surface area contributed by atoms with Crippen molar-refractivity contribution in [1.29, 1.82) is 0 Å². The third-order valence-corrected chi connectivity index (χ3v) is 3.34. The monoisotopic (exact) mass is 287 g/mol. The standard InChI is InChI=1S/C13H17N7O/c21-13(8-20-10-14-9-17-20)16-7-11-15-4-3-12(18-11)19-5-1-2-6-19/h3-4,9-10H,1-2,5-8H2,(H,16,21). The fourth-order valence-corrected chi connectivity index (χ4v) is 2.29. The van der Waals surface area contributed by atoms with E-state index in [2.05, 4.69) is 30.3 Å². The molecule has 0 atom stereocenters. The van der Waals surface area contributed by atoms with Crippen LogP contribution in [0.2, 0.25) is 0 Å². The summed E-state index contributed by atoms with van der Waals surface area (Å²) in [7, 11) is 0. The molecule has 1 aliphatic heterocycles. The molecule has 0 spiro atoms. The van der Waals surface area contributed by atoms with Gasteiger partial charge in [-0.25, -0.2) is 19.6 Å². The number of nitrogens with one attached hydrogen (secondary N) is 1. The Bertz CT molecular complexity index is 592. The van der Waals surface area contributed by atoms with E-state index >= 15 is 0 Å². The number of hydrogen-bond acceptors (Lipinski definition) is 6. The van der Waals surface area contributed by atoms with Gasteiger partial charge < -0.3 is 10.2 Å². The quantitative estimate of drug-likeness (QED) is 0.831. The minimum atomic E-state index is -0.143. The lowest BCUT2D eigenvalue weighted by molar-refractivity contribution is -0.122. The van der Waals surface area contributed by atoms with Crippen molar-refractivity contribution >= 4 is 11.7 Å². The van der Waals surface area contributed by atoms with Crippen LogP contribution in [0, 0.1) is 0 Å². The predicted octanol–water partition coefficient (Wildman–Crippen LogP) is -0.0153. The first-order chi connectivity index (χ1) is 10.3. The van der Waals surface area contributed by atoms with Gasteiger partial charge in [0.1, 0.15) is 30.8 Å². The van der Waals surface area contributed by atoms with E-state index in [0.29, 0.717) is 12.4 Å². The molecule has 110 valence electrons. The summed E-state index contributed by atoms with van der Waals surface area (Å²) in [4.78, 5) is 26.5. The molecule has 1 N–H and O–H groups in total. The van der Waals surface area contributed by atoms with E-state index in [-0.39, 0.29) is 12.5 Å². The molecule has 0 aliphatic carbocycles. The smallest absolute Gasteiger partial charge is 0.242 e. The Hall–Kier alpha value is -2.51. The molecule has 0 bridgehead atoms.